The maximum atomic E-state index is 12.5. The van der Waals surface area contributed by atoms with Crippen LogP contribution in [0.1, 0.15) is 56.2 Å². The Kier molecular flexibility index (Phi) is 6.67. The van der Waals surface area contributed by atoms with Crippen LogP contribution in [0.5, 0.6) is 0 Å². The van der Waals surface area contributed by atoms with Crippen LogP contribution in [0.2, 0.25) is 0 Å². The Morgan fingerprint density at radius 3 is 2.92 bits per heavy atom. The Morgan fingerprint density at radius 2 is 2.08 bits per heavy atom. The third-order valence-electron chi connectivity index (χ3n) is 5.49. The van der Waals surface area contributed by atoms with Gasteiger partial charge in [-0.3, -0.25) is 9.59 Å². The summed E-state index contributed by atoms with van der Waals surface area (Å²) in [6, 6.07) is 8.55. The van der Waals surface area contributed by atoms with Gasteiger partial charge in [0.05, 0.1) is 18.6 Å². The molecule has 1 aromatic rings. The summed E-state index contributed by atoms with van der Waals surface area (Å²) in [5.74, 6) is -0.0394. The Bertz CT molecular complexity index is 631. The summed E-state index contributed by atoms with van der Waals surface area (Å²) in [7, 11) is 0. The van der Waals surface area contributed by atoms with Gasteiger partial charge in [0.2, 0.25) is 5.91 Å². The van der Waals surface area contributed by atoms with Crippen molar-refractivity contribution in [1.82, 2.24) is 10.2 Å². The number of hydrogen-bond acceptors (Lipinski definition) is 4. The minimum atomic E-state index is -0.0968. The molecule has 1 aromatic carbocycles. The van der Waals surface area contributed by atoms with E-state index in [4.69, 9.17) is 4.74 Å². The number of nitrogens with one attached hydrogen (secondary N) is 1. The highest BCUT2D eigenvalue weighted by Crippen LogP contribution is 2.29. The number of piperidine rings is 1. The van der Waals surface area contributed by atoms with Crippen molar-refractivity contribution in [3.8, 4) is 0 Å². The molecule has 5 heteroatoms. The van der Waals surface area contributed by atoms with Crippen LogP contribution in [0, 0.1) is 5.92 Å². The number of ether oxygens (including phenoxy) is 1. The van der Waals surface area contributed by atoms with E-state index in [0.29, 0.717) is 26.1 Å². The Balaban J connectivity index is 1.47. The van der Waals surface area contributed by atoms with E-state index in [-0.39, 0.29) is 23.8 Å². The van der Waals surface area contributed by atoms with Gasteiger partial charge in [-0.25, -0.2) is 0 Å². The molecule has 2 aliphatic rings. The molecular formula is C21H30N2O3. The second-order valence-electron chi connectivity index (χ2n) is 7.35. The van der Waals surface area contributed by atoms with Crippen molar-refractivity contribution in [1.29, 1.82) is 0 Å². The van der Waals surface area contributed by atoms with E-state index < -0.39 is 0 Å². The lowest BCUT2D eigenvalue weighted by molar-refractivity contribution is -0.149. The molecule has 1 aliphatic heterocycles. The zero-order valence-electron chi connectivity index (χ0n) is 15.7. The van der Waals surface area contributed by atoms with Crippen LogP contribution in [0.3, 0.4) is 0 Å². The molecule has 1 amide bonds. The van der Waals surface area contributed by atoms with Crippen LogP contribution in [0.15, 0.2) is 24.3 Å². The maximum Gasteiger partial charge on any atom is 0.310 e. The van der Waals surface area contributed by atoms with Crippen molar-refractivity contribution in [2.45, 2.75) is 51.5 Å². The van der Waals surface area contributed by atoms with Crippen molar-refractivity contribution >= 4 is 11.9 Å². The third-order valence-corrected chi connectivity index (χ3v) is 5.49. The molecule has 2 atom stereocenters. The molecule has 1 heterocycles. The second kappa shape index (κ2) is 9.17. The summed E-state index contributed by atoms with van der Waals surface area (Å²) in [5, 5.41) is 3.21. The van der Waals surface area contributed by atoms with E-state index in [0.717, 1.165) is 38.6 Å². The number of nitrogens with zero attached hydrogens (tertiary/aromatic N) is 1. The first-order valence-electron chi connectivity index (χ1n) is 9.93. The van der Waals surface area contributed by atoms with Crippen LogP contribution in [0.4, 0.5) is 0 Å². The molecule has 0 aromatic heterocycles. The number of rotatable bonds is 6. The molecule has 5 nitrogen and oxygen atoms in total. The molecule has 1 saturated heterocycles. The second-order valence-corrected chi connectivity index (χ2v) is 7.35. The fraction of sp³-hybridized carbons (Fsp3) is 0.619. The van der Waals surface area contributed by atoms with Crippen LogP contribution in [-0.2, 0) is 20.7 Å². The Labute approximate surface area is 156 Å². The lowest BCUT2D eigenvalue weighted by Gasteiger charge is -2.31. The van der Waals surface area contributed by atoms with Gasteiger partial charge in [0.15, 0.2) is 0 Å². The van der Waals surface area contributed by atoms with Gasteiger partial charge >= 0.3 is 5.97 Å². The fourth-order valence-electron chi connectivity index (χ4n) is 4.14. The van der Waals surface area contributed by atoms with Crippen molar-refractivity contribution in [3.63, 3.8) is 0 Å². The quantitative estimate of drug-likeness (QED) is 0.795. The minimum Gasteiger partial charge on any atom is -0.466 e. The molecule has 2 unspecified atom stereocenters. The zero-order valence-corrected chi connectivity index (χ0v) is 15.7. The van der Waals surface area contributed by atoms with Gasteiger partial charge in [-0.15, -0.1) is 0 Å². The van der Waals surface area contributed by atoms with Gasteiger partial charge in [-0.1, -0.05) is 24.3 Å². The molecule has 1 N–H and O–H groups in total. The number of hydrogen-bond donors (Lipinski definition) is 1. The lowest BCUT2D eigenvalue weighted by Crippen LogP contribution is -2.41. The maximum absolute atomic E-state index is 12.5. The van der Waals surface area contributed by atoms with Gasteiger partial charge in [0, 0.05) is 19.5 Å². The molecule has 1 aliphatic carbocycles. The van der Waals surface area contributed by atoms with Crippen LogP contribution in [0.25, 0.3) is 0 Å². The molecule has 0 radical (unpaired) electrons. The molecule has 0 saturated carbocycles. The molecule has 26 heavy (non-hydrogen) atoms. The highest BCUT2D eigenvalue weighted by Gasteiger charge is 2.27. The minimum absolute atomic E-state index is 0.0445. The predicted molar refractivity (Wildman–Crippen MR) is 101 cm³/mol. The van der Waals surface area contributed by atoms with Gasteiger partial charge in [0.25, 0.3) is 0 Å². The fourth-order valence-corrected chi connectivity index (χ4v) is 4.14. The van der Waals surface area contributed by atoms with E-state index >= 15 is 0 Å². The lowest BCUT2D eigenvalue weighted by atomic mass is 9.87. The molecule has 142 valence electrons. The van der Waals surface area contributed by atoms with E-state index in [2.05, 4.69) is 28.4 Å². The van der Waals surface area contributed by atoms with E-state index in [1.165, 1.54) is 11.1 Å². The summed E-state index contributed by atoms with van der Waals surface area (Å²) in [6.45, 7) is 4.64. The molecule has 0 bridgehead atoms. The van der Waals surface area contributed by atoms with Crippen LogP contribution in [-0.4, -0.2) is 43.0 Å². The highest BCUT2D eigenvalue weighted by molar-refractivity contribution is 5.77. The van der Waals surface area contributed by atoms with Crippen molar-refractivity contribution < 1.29 is 14.3 Å². The summed E-state index contributed by atoms with van der Waals surface area (Å²) in [6.07, 6.45) is 5.59. The number of likely N-dealkylation sites (tertiary alicyclic amines) is 1. The Hall–Kier alpha value is -1.88. The van der Waals surface area contributed by atoms with E-state index in [1.54, 1.807) is 0 Å². The largest absolute Gasteiger partial charge is 0.466 e. The average molecular weight is 358 g/mol. The number of esters is 1. The average Bonchev–Trinajstić information content (AvgIpc) is 2.67. The van der Waals surface area contributed by atoms with Gasteiger partial charge in [-0.2, -0.15) is 0 Å². The number of amides is 1. The van der Waals surface area contributed by atoms with Crippen LogP contribution < -0.4 is 5.32 Å². The smallest absolute Gasteiger partial charge is 0.310 e. The number of fused-ring (bicyclic) bond motifs is 1. The molecule has 1 fully saturated rings. The first kappa shape index (κ1) is 18.9. The van der Waals surface area contributed by atoms with Gasteiger partial charge in [0.1, 0.15) is 0 Å². The first-order chi connectivity index (χ1) is 12.7. The van der Waals surface area contributed by atoms with Crippen molar-refractivity contribution in [2.75, 3.05) is 26.2 Å². The number of carbonyl (C=O) groups is 2. The number of carbonyl (C=O) groups excluding carboxylic acids is 2. The standard InChI is InChI=1S/C21H30N2O3/c1-2-26-21(25)17-9-6-13-23(15-17)14-12-20(24)22-19-11-5-8-16-7-3-4-10-18(16)19/h3-4,7,10,17,19H,2,5-6,8-9,11-15H2,1H3,(H,22,24). The molecular weight excluding hydrogens is 328 g/mol. The van der Waals surface area contributed by atoms with Gasteiger partial charge < -0.3 is 15.0 Å². The first-order valence-corrected chi connectivity index (χ1v) is 9.93. The summed E-state index contributed by atoms with van der Waals surface area (Å²) < 4.78 is 5.14. The summed E-state index contributed by atoms with van der Waals surface area (Å²) >= 11 is 0. The summed E-state index contributed by atoms with van der Waals surface area (Å²) in [4.78, 5) is 26.6. The highest BCUT2D eigenvalue weighted by atomic mass is 16.5. The molecule has 0 spiro atoms. The summed E-state index contributed by atoms with van der Waals surface area (Å²) in [5.41, 5.74) is 2.63. The normalized spacial score (nSPS) is 23.1. The number of aryl methyl sites for hydroxylation is 1. The van der Waals surface area contributed by atoms with Crippen LogP contribution >= 0.6 is 0 Å². The zero-order chi connectivity index (χ0) is 18.4. The van der Waals surface area contributed by atoms with Crippen molar-refractivity contribution in [2.24, 2.45) is 5.92 Å². The Morgan fingerprint density at radius 1 is 1.23 bits per heavy atom. The van der Waals surface area contributed by atoms with E-state index in [1.807, 2.05) is 13.0 Å². The van der Waals surface area contributed by atoms with Crippen molar-refractivity contribution in [3.05, 3.63) is 35.4 Å². The monoisotopic (exact) mass is 358 g/mol. The SMILES string of the molecule is CCOC(=O)C1CCCN(CCC(=O)NC2CCCc3ccccc32)C1. The van der Waals surface area contributed by atoms with Gasteiger partial charge in [-0.05, 0) is 56.7 Å². The topological polar surface area (TPSA) is 58.6 Å². The third kappa shape index (κ3) is 4.85. The predicted octanol–water partition coefficient (Wildman–Crippen LogP) is 2.85. The van der Waals surface area contributed by atoms with E-state index in [9.17, 15) is 9.59 Å². The molecule has 3 rings (SSSR count). The number of benzene rings is 1.